The number of anilines is 1. The summed E-state index contributed by atoms with van der Waals surface area (Å²) in [6.07, 6.45) is 2.15. The number of ether oxygens (including phenoxy) is 2. The molecule has 1 N–H and O–H groups in total. The van der Waals surface area contributed by atoms with E-state index in [9.17, 15) is 9.59 Å². The number of carbonyl (C=O) groups is 2. The largest absolute Gasteiger partial charge is 0.493 e. The molecule has 0 fully saturated rings. The third kappa shape index (κ3) is 6.51. The molecule has 0 bridgehead atoms. The number of amides is 2. The van der Waals surface area contributed by atoms with E-state index in [1.807, 2.05) is 30.0 Å². The predicted molar refractivity (Wildman–Crippen MR) is 119 cm³/mol. The molecule has 0 unspecified atom stereocenters. The summed E-state index contributed by atoms with van der Waals surface area (Å²) in [5.74, 6) is 1.21. The van der Waals surface area contributed by atoms with Gasteiger partial charge in [-0.1, -0.05) is 32.9 Å². The maximum absolute atomic E-state index is 13.2. The first-order valence-electron chi connectivity index (χ1n) is 10.5. The Balaban J connectivity index is 2.20. The van der Waals surface area contributed by atoms with Crippen LogP contribution in [0.25, 0.3) is 0 Å². The van der Waals surface area contributed by atoms with Gasteiger partial charge in [-0.25, -0.2) is 0 Å². The summed E-state index contributed by atoms with van der Waals surface area (Å²) in [5.41, 5.74) is 2.14. The van der Waals surface area contributed by atoms with Crippen molar-refractivity contribution in [1.82, 2.24) is 4.90 Å². The Bertz CT molecular complexity index is 851. The second-order valence-corrected chi connectivity index (χ2v) is 7.04. The van der Waals surface area contributed by atoms with Crippen molar-refractivity contribution in [3.05, 3.63) is 53.6 Å². The van der Waals surface area contributed by atoms with Crippen LogP contribution < -0.4 is 14.8 Å². The number of rotatable bonds is 11. The second kappa shape index (κ2) is 11.9. The Morgan fingerprint density at radius 2 is 1.80 bits per heavy atom. The minimum atomic E-state index is -0.0810. The number of carbonyl (C=O) groups excluding carboxylic acids is 2. The summed E-state index contributed by atoms with van der Waals surface area (Å²) in [4.78, 5) is 26.6. The van der Waals surface area contributed by atoms with Crippen molar-refractivity contribution in [1.29, 1.82) is 0 Å². The molecule has 162 valence electrons. The maximum Gasteiger partial charge on any atom is 0.254 e. The van der Waals surface area contributed by atoms with Crippen molar-refractivity contribution >= 4 is 17.5 Å². The average Bonchev–Trinajstić information content (AvgIpc) is 2.77. The molecule has 2 amide bonds. The van der Waals surface area contributed by atoms with Crippen LogP contribution in [0.3, 0.4) is 0 Å². The molecule has 2 rings (SSSR count). The molecule has 0 spiro atoms. The molecule has 2 aromatic carbocycles. The fraction of sp³-hybridized carbons (Fsp3) is 0.417. The summed E-state index contributed by atoms with van der Waals surface area (Å²) >= 11 is 0. The first-order chi connectivity index (χ1) is 14.5. The smallest absolute Gasteiger partial charge is 0.254 e. The van der Waals surface area contributed by atoms with Crippen LogP contribution in [0, 0.1) is 0 Å². The summed E-state index contributed by atoms with van der Waals surface area (Å²) in [6.45, 7) is 7.60. The molecule has 2 aromatic rings. The fourth-order valence-electron chi connectivity index (χ4n) is 3.05. The minimum Gasteiger partial charge on any atom is -0.493 e. The van der Waals surface area contributed by atoms with Gasteiger partial charge in [0.25, 0.3) is 5.91 Å². The Kier molecular flexibility index (Phi) is 9.19. The van der Waals surface area contributed by atoms with E-state index in [2.05, 4.69) is 12.2 Å². The lowest BCUT2D eigenvalue weighted by atomic mass is 10.1. The van der Waals surface area contributed by atoms with Gasteiger partial charge in [0, 0.05) is 30.8 Å². The van der Waals surface area contributed by atoms with Crippen molar-refractivity contribution < 1.29 is 19.1 Å². The van der Waals surface area contributed by atoms with E-state index in [1.165, 1.54) is 0 Å². The molecule has 0 atom stereocenters. The highest BCUT2D eigenvalue weighted by Gasteiger charge is 2.17. The van der Waals surface area contributed by atoms with Crippen molar-refractivity contribution in [3.8, 4) is 11.5 Å². The number of benzene rings is 2. The van der Waals surface area contributed by atoms with Crippen LogP contribution >= 0.6 is 0 Å². The lowest BCUT2D eigenvalue weighted by molar-refractivity contribution is -0.115. The molecular formula is C24H32N2O4. The van der Waals surface area contributed by atoms with Crippen molar-refractivity contribution in [2.24, 2.45) is 0 Å². The average molecular weight is 413 g/mol. The summed E-state index contributed by atoms with van der Waals surface area (Å²) in [6, 6.07) is 12.8. The zero-order valence-electron chi connectivity index (χ0n) is 18.4. The van der Waals surface area contributed by atoms with Gasteiger partial charge in [0.15, 0.2) is 11.5 Å². The monoisotopic (exact) mass is 412 g/mol. The van der Waals surface area contributed by atoms with E-state index in [1.54, 1.807) is 38.3 Å². The molecule has 6 heteroatoms. The standard InChI is InChI=1S/C24H32N2O4/c1-5-13-26(17-18-11-12-21(30-14-6-2)22(15-18)29-4)24(28)19-9-8-10-20(16-19)25-23(27)7-3/h8-12,15-16H,5-7,13-14,17H2,1-4H3,(H,25,27). The molecule has 0 heterocycles. The van der Waals surface area contributed by atoms with Crippen LogP contribution in [-0.2, 0) is 11.3 Å². The highest BCUT2D eigenvalue weighted by Crippen LogP contribution is 2.29. The molecule has 0 saturated carbocycles. The Hall–Kier alpha value is -3.02. The van der Waals surface area contributed by atoms with E-state index < -0.39 is 0 Å². The van der Waals surface area contributed by atoms with Crippen LogP contribution in [-0.4, -0.2) is 37.0 Å². The van der Waals surface area contributed by atoms with Gasteiger partial charge in [-0.05, 0) is 48.7 Å². The highest BCUT2D eigenvalue weighted by molar-refractivity contribution is 5.97. The number of nitrogens with one attached hydrogen (secondary N) is 1. The van der Waals surface area contributed by atoms with Gasteiger partial charge in [-0.15, -0.1) is 0 Å². The number of nitrogens with zero attached hydrogens (tertiary/aromatic N) is 1. The Labute approximate surface area is 179 Å². The van der Waals surface area contributed by atoms with E-state index in [0.717, 1.165) is 18.4 Å². The third-order valence-corrected chi connectivity index (χ3v) is 4.56. The van der Waals surface area contributed by atoms with Gasteiger partial charge in [0.1, 0.15) is 0 Å². The maximum atomic E-state index is 13.2. The quantitative estimate of drug-likeness (QED) is 0.571. The van der Waals surface area contributed by atoms with Gasteiger partial charge in [-0.2, -0.15) is 0 Å². The Morgan fingerprint density at radius 1 is 1.00 bits per heavy atom. The molecule has 0 aliphatic rings. The molecule has 30 heavy (non-hydrogen) atoms. The van der Waals surface area contributed by atoms with Gasteiger partial charge in [0.05, 0.1) is 13.7 Å². The summed E-state index contributed by atoms with van der Waals surface area (Å²) in [5, 5.41) is 2.81. The molecule has 0 aliphatic heterocycles. The van der Waals surface area contributed by atoms with E-state index in [-0.39, 0.29) is 11.8 Å². The second-order valence-electron chi connectivity index (χ2n) is 7.04. The topological polar surface area (TPSA) is 67.9 Å². The van der Waals surface area contributed by atoms with Crippen LogP contribution in [0.5, 0.6) is 11.5 Å². The molecule has 0 radical (unpaired) electrons. The molecule has 0 aliphatic carbocycles. The zero-order chi connectivity index (χ0) is 21.9. The summed E-state index contributed by atoms with van der Waals surface area (Å²) < 4.78 is 11.2. The molecule has 0 aromatic heterocycles. The van der Waals surface area contributed by atoms with Crippen molar-refractivity contribution in [3.63, 3.8) is 0 Å². The van der Waals surface area contributed by atoms with E-state index >= 15 is 0 Å². The predicted octanol–water partition coefficient (Wildman–Crippen LogP) is 4.88. The number of hydrogen-bond acceptors (Lipinski definition) is 4. The van der Waals surface area contributed by atoms with Gasteiger partial charge >= 0.3 is 0 Å². The lowest BCUT2D eigenvalue weighted by Crippen LogP contribution is -2.31. The van der Waals surface area contributed by atoms with Crippen LogP contribution in [0.4, 0.5) is 5.69 Å². The van der Waals surface area contributed by atoms with E-state index in [0.29, 0.717) is 48.9 Å². The number of hydrogen-bond donors (Lipinski definition) is 1. The first kappa shape index (κ1) is 23.3. The molecular weight excluding hydrogens is 380 g/mol. The van der Waals surface area contributed by atoms with E-state index in [4.69, 9.17) is 9.47 Å². The SMILES string of the molecule is CCCOc1ccc(CN(CCC)C(=O)c2cccc(NC(=O)CC)c2)cc1OC. The third-order valence-electron chi connectivity index (χ3n) is 4.56. The minimum absolute atomic E-state index is 0.0743. The van der Waals surface area contributed by atoms with Crippen LogP contribution in [0.15, 0.2) is 42.5 Å². The highest BCUT2D eigenvalue weighted by atomic mass is 16.5. The lowest BCUT2D eigenvalue weighted by Gasteiger charge is -2.23. The van der Waals surface area contributed by atoms with Gasteiger partial charge in [-0.3, -0.25) is 9.59 Å². The van der Waals surface area contributed by atoms with Gasteiger partial charge in [0.2, 0.25) is 5.91 Å². The molecule has 0 saturated heterocycles. The van der Waals surface area contributed by atoms with Gasteiger partial charge < -0.3 is 19.7 Å². The Morgan fingerprint density at radius 3 is 2.47 bits per heavy atom. The fourth-order valence-corrected chi connectivity index (χ4v) is 3.05. The number of methoxy groups -OCH3 is 1. The van der Waals surface area contributed by atoms with Crippen molar-refractivity contribution in [2.75, 3.05) is 25.6 Å². The normalized spacial score (nSPS) is 10.4. The first-order valence-corrected chi connectivity index (χ1v) is 10.5. The van der Waals surface area contributed by atoms with Crippen LogP contribution in [0.2, 0.25) is 0 Å². The zero-order valence-corrected chi connectivity index (χ0v) is 18.4. The van der Waals surface area contributed by atoms with Crippen molar-refractivity contribution in [2.45, 2.75) is 46.6 Å². The molecule has 6 nitrogen and oxygen atoms in total. The van der Waals surface area contributed by atoms with Crippen LogP contribution in [0.1, 0.15) is 56.0 Å². The summed E-state index contributed by atoms with van der Waals surface area (Å²) in [7, 11) is 1.61.